The van der Waals surface area contributed by atoms with Crippen molar-refractivity contribution < 1.29 is 44.1 Å². The number of fused-ring (bicyclic) bond motifs is 1. The van der Waals surface area contributed by atoms with Gasteiger partial charge in [-0.15, -0.1) is 0 Å². The number of para-hydroxylation sites is 1. The van der Waals surface area contributed by atoms with Gasteiger partial charge in [0.1, 0.15) is 18.1 Å². The lowest BCUT2D eigenvalue weighted by molar-refractivity contribution is -0.148. The number of aliphatic carboxylic acids is 3. The Morgan fingerprint density at radius 1 is 0.872 bits per heavy atom. The summed E-state index contributed by atoms with van der Waals surface area (Å²) in [5.74, 6) is -6.95. The van der Waals surface area contributed by atoms with Gasteiger partial charge in [0.05, 0.1) is 18.9 Å². The maximum atomic E-state index is 13.0. The van der Waals surface area contributed by atoms with Crippen LogP contribution in [0.1, 0.15) is 24.8 Å². The SMILES string of the molecule is CSCCC(NC(=O)C(N)Cc1c[nH]c2ccccc12)C(=O)NC(CC(=O)O)C(=O)NC(CC(=O)O)C(=O)O. The second kappa shape index (κ2) is 14.7. The first-order valence-electron chi connectivity index (χ1n) is 11.8. The molecule has 1 aromatic carbocycles. The van der Waals surface area contributed by atoms with Crippen LogP contribution in [-0.2, 0) is 35.2 Å². The predicted molar refractivity (Wildman–Crippen MR) is 141 cm³/mol. The van der Waals surface area contributed by atoms with E-state index in [0.717, 1.165) is 16.5 Å². The summed E-state index contributed by atoms with van der Waals surface area (Å²) in [6.45, 7) is 0. The van der Waals surface area contributed by atoms with Crippen molar-refractivity contribution in [1.82, 2.24) is 20.9 Å². The number of carboxylic acids is 3. The van der Waals surface area contributed by atoms with E-state index in [9.17, 15) is 33.9 Å². The van der Waals surface area contributed by atoms with Crippen molar-refractivity contribution in [1.29, 1.82) is 0 Å². The van der Waals surface area contributed by atoms with Gasteiger partial charge in [-0.05, 0) is 36.5 Å². The lowest BCUT2D eigenvalue weighted by Gasteiger charge is -2.24. The van der Waals surface area contributed by atoms with Crippen LogP contribution in [0.25, 0.3) is 10.9 Å². The van der Waals surface area contributed by atoms with Crippen LogP contribution in [0, 0.1) is 0 Å². The molecular formula is C24H31N5O9S. The molecule has 0 aliphatic heterocycles. The number of nitrogens with two attached hydrogens (primary N) is 1. The van der Waals surface area contributed by atoms with Crippen LogP contribution in [0.15, 0.2) is 30.5 Å². The van der Waals surface area contributed by atoms with Crippen LogP contribution < -0.4 is 21.7 Å². The largest absolute Gasteiger partial charge is 0.481 e. The monoisotopic (exact) mass is 565 g/mol. The van der Waals surface area contributed by atoms with Crippen LogP contribution in [0.4, 0.5) is 0 Å². The second-order valence-corrected chi connectivity index (χ2v) is 9.65. The van der Waals surface area contributed by atoms with E-state index < -0.39 is 72.6 Å². The number of benzene rings is 1. The minimum absolute atomic E-state index is 0.122. The highest BCUT2D eigenvalue weighted by atomic mass is 32.2. The number of carbonyl (C=O) groups is 6. The average molecular weight is 566 g/mol. The number of hydrogen-bond donors (Lipinski definition) is 8. The van der Waals surface area contributed by atoms with Gasteiger partial charge < -0.3 is 42.0 Å². The van der Waals surface area contributed by atoms with Crippen LogP contribution in [0.2, 0.25) is 0 Å². The highest BCUT2D eigenvalue weighted by Gasteiger charge is 2.32. The van der Waals surface area contributed by atoms with E-state index in [1.165, 1.54) is 11.8 Å². The van der Waals surface area contributed by atoms with E-state index >= 15 is 0 Å². The Morgan fingerprint density at radius 2 is 1.44 bits per heavy atom. The van der Waals surface area contributed by atoms with Gasteiger partial charge in [-0.3, -0.25) is 24.0 Å². The van der Waals surface area contributed by atoms with E-state index in [1.54, 1.807) is 12.5 Å². The van der Waals surface area contributed by atoms with Gasteiger partial charge in [0, 0.05) is 17.1 Å². The number of aromatic nitrogens is 1. The van der Waals surface area contributed by atoms with Crippen LogP contribution in [0.5, 0.6) is 0 Å². The molecule has 15 heteroatoms. The minimum atomic E-state index is -1.85. The number of amides is 3. The van der Waals surface area contributed by atoms with Crippen LogP contribution >= 0.6 is 11.8 Å². The molecule has 2 aromatic rings. The summed E-state index contributed by atoms with van der Waals surface area (Å²) in [7, 11) is 0. The van der Waals surface area contributed by atoms with Gasteiger partial charge in [-0.2, -0.15) is 11.8 Å². The van der Waals surface area contributed by atoms with Gasteiger partial charge in [0.25, 0.3) is 0 Å². The Balaban J connectivity index is 2.13. The van der Waals surface area contributed by atoms with Crippen molar-refractivity contribution in [3.05, 3.63) is 36.0 Å². The van der Waals surface area contributed by atoms with Crippen molar-refractivity contribution in [2.75, 3.05) is 12.0 Å². The first kappa shape index (κ1) is 31.1. The summed E-state index contributed by atoms with van der Waals surface area (Å²) in [6.07, 6.45) is 1.91. The second-order valence-electron chi connectivity index (χ2n) is 8.67. The molecule has 39 heavy (non-hydrogen) atoms. The summed E-state index contributed by atoms with van der Waals surface area (Å²) in [5, 5.41) is 34.8. The molecule has 4 atom stereocenters. The van der Waals surface area contributed by atoms with Crippen LogP contribution in [-0.4, -0.2) is 92.1 Å². The molecule has 0 spiro atoms. The molecule has 0 aliphatic carbocycles. The zero-order valence-corrected chi connectivity index (χ0v) is 21.8. The quantitative estimate of drug-likeness (QED) is 0.126. The fourth-order valence-electron chi connectivity index (χ4n) is 3.72. The fourth-order valence-corrected chi connectivity index (χ4v) is 4.19. The molecule has 1 aromatic heterocycles. The van der Waals surface area contributed by atoms with Crippen molar-refractivity contribution in [3.63, 3.8) is 0 Å². The van der Waals surface area contributed by atoms with Crippen LogP contribution in [0.3, 0.4) is 0 Å². The molecule has 0 aliphatic rings. The fraction of sp³-hybridized carbons (Fsp3) is 0.417. The van der Waals surface area contributed by atoms with Crippen molar-refractivity contribution >= 4 is 58.3 Å². The Kier molecular flexibility index (Phi) is 11.7. The smallest absolute Gasteiger partial charge is 0.326 e. The van der Waals surface area contributed by atoms with Gasteiger partial charge in [-0.1, -0.05) is 18.2 Å². The number of nitrogens with one attached hydrogen (secondary N) is 4. The standard InChI is InChI=1S/C24H31N5O9S/c1-39-7-6-16(27-21(34)14(25)8-12-11-26-15-5-3-2-4-13(12)15)22(35)28-17(9-19(30)31)23(36)29-18(24(37)38)10-20(32)33/h2-5,11,14,16-18,26H,6-10,25H2,1H3,(H,27,34)(H,28,35)(H,29,36)(H,30,31)(H,32,33)(H,37,38). The van der Waals surface area contributed by atoms with E-state index in [-0.39, 0.29) is 12.8 Å². The normalized spacial score (nSPS) is 14.0. The van der Waals surface area contributed by atoms with Gasteiger partial charge >= 0.3 is 17.9 Å². The predicted octanol–water partition coefficient (Wildman–Crippen LogP) is -0.721. The Bertz CT molecular complexity index is 1220. The molecule has 14 nitrogen and oxygen atoms in total. The number of rotatable bonds is 16. The summed E-state index contributed by atoms with van der Waals surface area (Å²) in [4.78, 5) is 75.1. The molecule has 4 unspecified atom stereocenters. The zero-order chi connectivity index (χ0) is 29.1. The number of aromatic amines is 1. The summed E-state index contributed by atoms with van der Waals surface area (Å²) in [6, 6.07) is 1.65. The highest BCUT2D eigenvalue weighted by Crippen LogP contribution is 2.19. The maximum Gasteiger partial charge on any atom is 0.326 e. The molecule has 0 radical (unpaired) electrons. The first-order valence-corrected chi connectivity index (χ1v) is 13.2. The summed E-state index contributed by atoms with van der Waals surface area (Å²) in [5.41, 5.74) is 7.77. The Morgan fingerprint density at radius 3 is 2.05 bits per heavy atom. The van der Waals surface area contributed by atoms with E-state index in [2.05, 4.69) is 15.6 Å². The molecule has 0 saturated carbocycles. The Hall–Kier alpha value is -4.11. The molecule has 9 N–H and O–H groups in total. The number of thioether (sulfide) groups is 1. The van der Waals surface area contributed by atoms with Crippen molar-refractivity contribution in [3.8, 4) is 0 Å². The van der Waals surface area contributed by atoms with E-state index in [4.69, 9.17) is 15.9 Å². The molecule has 2 rings (SSSR count). The summed E-state index contributed by atoms with van der Waals surface area (Å²) >= 11 is 1.38. The van der Waals surface area contributed by atoms with Gasteiger partial charge in [0.15, 0.2) is 0 Å². The first-order chi connectivity index (χ1) is 18.4. The molecular weight excluding hydrogens is 534 g/mol. The molecule has 0 saturated heterocycles. The summed E-state index contributed by atoms with van der Waals surface area (Å²) < 4.78 is 0. The van der Waals surface area contributed by atoms with Crippen molar-refractivity contribution in [2.24, 2.45) is 5.73 Å². The lowest BCUT2D eigenvalue weighted by atomic mass is 10.0. The molecule has 3 amide bonds. The van der Waals surface area contributed by atoms with E-state index in [1.807, 2.05) is 29.6 Å². The zero-order valence-electron chi connectivity index (χ0n) is 21.0. The molecule has 0 bridgehead atoms. The Labute approximate surface area is 227 Å². The number of H-pyrrole nitrogens is 1. The topological polar surface area (TPSA) is 241 Å². The third-order valence-electron chi connectivity index (χ3n) is 5.70. The minimum Gasteiger partial charge on any atom is -0.481 e. The molecule has 212 valence electrons. The number of carboxylic acid groups (broad SMARTS) is 3. The van der Waals surface area contributed by atoms with Crippen molar-refractivity contribution in [2.45, 2.75) is 49.9 Å². The van der Waals surface area contributed by atoms with Gasteiger partial charge in [-0.25, -0.2) is 4.79 Å². The maximum absolute atomic E-state index is 13.0. The van der Waals surface area contributed by atoms with E-state index in [0.29, 0.717) is 5.75 Å². The van der Waals surface area contributed by atoms with Gasteiger partial charge in [0.2, 0.25) is 17.7 Å². The third kappa shape index (κ3) is 9.61. The average Bonchev–Trinajstić information content (AvgIpc) is 3.27. The molecule has 0 fully saturated rings. The molecule has 1 heterocycles. The number of hydrogen-bond acceptors (Lipinski definition) is 8. The third-order valence-corrected chi connectivity index (χ3v) is 6.34. The lowest BCUT2D eigenvalue weighted by Crippen LogP contribution is -2.57. The number of carbonyl (C=O) groups excluding carboxylic acids is 3. The highest BCUT2D eigenvalue weighted by molar-refractivity contribution is 7.98.